The van der Waals surface area contributed by atoms with Gasteiger partial charge in [0.15, 0.2) is 0 Å². The maximum atomic E-state index is 12.3. The highest BCUT2D eigenvalue weighted by atomic mass is 35.5. The van der Waals surface area contributed by atoms with Gasteiger partial charge < -0.3 is 4.74 Å². The number of hydrogen-bond acceptors (Lipinski definition) is 6. The van der Waals surface area contributed by atoms with Crippen LogP contribution in [0.2, 0.25) is 5.02 Å². The molecule has 130 valence electrons. The third kappa shape index (κ3) is 4.28. The largest absolute Gasteiger partial charge is 0.496 e. The van der Waals surface area contributed by atoms with Crippen molar-refractivity contribution in [2.45, 2.75) is 11.3 Å². The molecule has 0 spiro atoms. The van der Waals surface area contributed by atoms with E-state index in [0.717, 1.165) is 11.3 Å². The van der Waals surface area contributed by atoms with Crippen molar-refractivity contribution in [3.63, 3.8) is 0 Å². The molecule has 6 nitrogen and oxygen atoms in total. The number of methoxy groups -OCH3 is 1. The van der Waals surface area contributed by atoms with Crippen LogP contribution in [0.3, 0.4) is 0 Å². The van der Waals surface area contributed by atoms with Gasteiger partial charge in [-0.25, -0.2) is 8.42 Å². The highest BCUT2D eigenvalue weighted by Gasteiger charge is 2.17. The maximum absolute atomic E-state index is 12.3. The molecular formula is C16H14ClN3O3S2. The Balaban J connectivity index is 1.76. The van der Waals surface area contributed by atoms with Crippen molar-refractivity contribution in [1.82, 2.24) is 10.2 Å². The van der Waals surface area contributed by atoms with Crippen LogP contribution < -0.4 is 9.46 Å². The number of benzene rings is 2. The summed E-state index contributed by atoms with van der Waals surface area (Å²) >= 11 is 6.96. The Bertz CT molecular complexity index is 972. The molecule has 0 saturated carbocycles. The van der Waals surface area contributed by atoms with Crippen molar-refractivity contribution in [2.75, 3.05) is 11.8 Å². The lowest BCUT2D eigenvalue weighted by molar-refractivity contribution is 0.410. The summed E-state index contributed by atoms with van der Waals surface area (Å²) in [6.45, 7) is 0. The number of hydrogen-bond donors (Lipinski definition) is 1. The van der Waals surface area contributed by atoms with Gasteiger partial charge in [-0.05, 0) is 30.3 Å². The molecular weight excluding hydrogens is 382 g/mol. The normalized spacial score (nSPS) is 11.3. The summed E-state index contributed by atoms with van der Waals surface area (Å²) in [7, 11) is -2.13. The number of ether oxygens (including phenoxy) is 1. The third-order valence-corrected chi connectivity index (χ3v) is 5.92. The number of nitrogens with one attached hydrogen (secondary N) is 1. The number of anilines is 1. The van der Waals surface area contributed by atoms with Gasteiger partial charge in [0, 0.05) is 17.0 Å². The van der Waals surface area contributed by atoms with E-state index in [1.807, 2.05) is 24.3 Å². The fourth-order valence-corrected chi connectivity index (χ4v) is 4.28. The van der Waals surface area contributed by atoms with Crippen LogP contribution in [0.4, 0.5) is 5.13 Å². The van der Waals surface area contributed by atoms with E-state index in [0.29, 0.717) is 16.5 Å². The molecule has 2 aromatic carbocycles. The van der Waals surface area contributed by atoms with Gasteiger partial charge in [0.05, 0.1) is 12.0 Å². The Morgan fingerprint density at radius 3 is 2.56 bits per heavy atom. The quantitative estimate of drug-likeness (QED) is 0.689. The summed E-state index contributed by atoms with van der Waals surface area (Å²) < 4.78 is 32.4. The zero-order valence-corrected chi connectivity index (χ0v) is 15.5. The van der Waals surface area contributed by atoms with Gasteiger partial charge in [-0.15, -0.1) is 10.2 Å². The topological polar surface area (TPSA) is 81.2 Å². The number of nitrogens with zero attached hydrogens (tertiary/aromatic N) is 2. The first-order chi connectivity index (χ1) is 12.0. The molecule has 0 fully saturated rings. The predicted octanol–water partition coefficient (Wildman–Crippen LogP) is 3.59. The molecule has 0 aliphatic carbocycles. The van der Waals surface area contributed by atoms with E-state index in [9.17, 15) is 8.42 Å². The van der Waals surface area contributed by atoms with E-state index in [2.05, 4.69) is 14.9 Å². The highest BCUT2D eigenvalue weighted by Crippen LogP contribution is 2.25. The second-order valence-corrected chi connectivity index (χ2v) is 8.23. The lowest BCUT2D eigenvalue weighted by Crippen LogP contribution is -2.12. The van der Waals surface area contributed by atoms with Gasteiger partial charge in [0.25, 0.3) is 10.0 Å². The van der Waals surface area contributed by atoms with Crippen LogP contribution in [-0.2, 0) is 16.4 Å². The zero-order chi connectivity index (χ0) is 17.9. The van der Waals surface area contributed by atoms with Crippen molar-refractivity contribution in [1.29, 1.82) is 0 Å². The smallest absolute Gasteiger partial charge is 0.263 e. The lowest BCUT2D eigenvalue weighted by Gasteiger charge is -2.05. The van der Waals surface area contributed by atoms with Crippen molar-refractivity contribution >= 4 is 38.1 Å². The Kier molecular flexibility index (Phi) is 5.22. The molecule has 1 aromatic heterocycles. The fraction of sp³-hybridized carbons (Fsp3) is 0.125. The Morgan fingerprint density at radius 2 is 1.84 bits per heavy atom. The molecule has 3 rings (SSSR count). The van der Waals surface area contributed by atoms with Crippen molar-refractivity contribution in [2.24, 2.45) is 0 Å². The number of halogens is 1. The number of aromatic nitrogens is 2. The third-order valence-electron chi connectivity index (χ3n) is 3.35. The molecule has 0 aliphatic heterocycles. The Labute approximate surface area is 154 Å². The summed E-state index contributed by atoms with van der Waals surface area (Å²) in [6, 6.07) is 13.5. The molecule has 0 aliphatic rings. The summed E-state index contributed by atoms with van der Waals surface area (Å²) in [6.07, 6.45) is 0.504. The number of para-hydroxylation sites is 1. The van der Waals surface area contributed by atoms with E-state index < -0.39 is 10.0 Å². The highest BCUT2D eigenvalue weighted by molar-refractivity contribution is 7.93. The molecule has 3 aromatic rings. The average molecular weight is 396 g/mol. The maximum Gasteiger partial charge on any atom is 0.263 e. The summed E-state index contributed by atoms with van der Waals surface area (Å²) in [5.41, 5.74) is 0.952. The van der Waals surface area contributed by atoms with Crippen LogP contribution in [0, 0.1) is 0 Å². The molecule has 0 radical (unpaired) electrons. The van der Waals surface area contributed by atoms with Crippen molar-refractivity contribution in [3.8, 4) is 5.75 Å². The van der Waals surface area contributed by atoms with Crippen molar-refractivity contribution in [3.05, 3.63) is 64.1 Å². The van der Waals surface area contributed by atoms with Gasteiger partial charge in [-0.3, -0.25) is 4.72 Å². The molecule has 0 saturated heterocycles. The van der Waals surface area contributed by atoms with Gasteiger partial charge in [0.2, 0.25) is 5.13 Å². The minimum atomic E-state index is -3.73. The van der Waals surface area contributed by atoms with Gasteiger partial charge in [0.1, 0.15) is 10.8 Å². The molecule has 1 heterocycles. The van der Waals surface area contributed by atoms with E-state index in [-0.39, 0.29) is 10.0 Å². The SMILES string of the molecule is COc1ccccc1Cc1nnc(NS(=O)(=O)c2ccc(Cl)cc2)s1. The first-order valence-electron chi connectivity index (χ1n) is 7.20. The monoisotopic (exact) mass is 395 g/mol. The van der Waals surface area contributed by atoms with E-state index in [1.54, 1.807) is 7.11 Å². The average Bonchev–Trinajstić information content (AvgIpc) is 3.02. The minimum Gasteiger partial charge on any atom is -0.496 e. The summed E-state index contributed by atoms with van der Waals surface area (Å²) in [5.74, 6) is 0.751. The first kappa shape index (κ1) is 17.7. The predicted molar refractivity (Wildman–Crippen MR) is 98.0 cm³/mol. The Morgan fingerprint density at radius 1 is 1.12 bits per heavy atom. The standard InChI is InChI=1S/C16H14ClN3O3S2/c1-23-14-5-3-2-4-11(14)10-15-18-19-16(24-15)20-25(21,22)13-8-6-12(17)7-9-13/h2-9H,10H2,1H3,(H,19,20). The number of rotatable bonds is 6. The molecule has 9 heteroatoms. The molecule has 25 heavy (non-hydrogen) atoms. The fourth-order valence-electron chi connectivity index (χ4n) is 2.17. The van der Waals surface area contributed by atoms with Crippen LogP contribution in [0.1, 0.15) is 10.6 Å². The minimum absolute atomic E-state index is 0.110. The van der Waals surface area contributed by atoms with E-state index in [1.165, 1.54) is 35.6 Å². The molecule has 0 atom stereocenters. The van der Waals surface area contributed by atoms with Crippen LogP contribution in [-0.4, -0.2) is 25.7 Å². The second-order valence-electron chi connectivity index (χ2n) is 5.05. The van der Waals surface area contributed by atoms with Gasteiger partial charge in [-0.2, -0.15) is 0 Å². The lowest BCUT2D eigenvalue weighted by atomic mass is 10.1. The first-order valence-corrected chi connectivity index (χ1v) is 9.88. The molecule has 0 amide bonds. The zero-order valence-electron chi connectivity index (χ0n) is 13.1. The molecule has 0 bridgehead atoms. The van der Waals surface area contributed by atoms with Crippen LogP contribution in [0.15, 0.2) is 53.4 Å². The van der Waals surface area contributed by atoms with Crippen molar-refractivity contribution < 1.29 is 13.2 Å². The Hall–Kier alpha value is -2.16. The van der Waals surface area contributed by atoms with Crippen LogP contribution >= 0.6 is 22.9 Å². The number of sulfonamides is 1. The van der Waals surface area contributed by atoms with Gasteiger partial charge >= 0.3 is 0 Å². The van der Waals surface area contributed by atoms with E-state index in [4.69, 9.17) is 16.3 Å². The second kappa shape index (κ2) is 7.38. The molecule has 1 N–H and O–H groups in total. The van der Waals surface area contributed by atoms with E-state index >= 15 is 0 Å². The summed E-state index contributed by atoms with van der Waals surface area (Å²) in [4.78, 5) is 0.110. The van der Waals surface area contributed by atoms with Crippen LogP contribution in [0.5, 0.6) is 5.75 Å². The van der Waals surface area contributed by atoms with Gasteiger partial charge in [-0.1, -0.05) is 41.1 Å². The van der Waals surface area contributed by atoms with Crippen LogP contribution in [0.25, 0.3) is 0 Å². The summed E-state index contributed by atoms with van der Waals surface area (Å²) in [5, 5.41) is 9.31. The molecule has 0 unspecified atom stereocenters.